The van der Waals surface area contributed by atoms with Crippen LogP contribution in [0, 0.1) is 0 Å². The monoisotopic (exact) mass is 352 g/mol. The first-order chi connectivity index (χ1) is 12.5. The number of carbonyl (C=O) groups excluding carboxylic acids is 1. The Kier molecular flexibility index (Phi) is 5.02. The zero-order chi connectivity index (χ0) is 18.5. The summed E-state index contributed by atoms with van der Waals surface area (Å²) in [6.07, 6.45) is 0.139. The fraction of sp³-hybridized carbons (Fsp3) is 0.167. The van der Waals surface area contributed by atoms with Gasteiger partial charge < -0.3 is 10.4 Å². The van der Waals surface area contributed by atoms with Gasteiger partial charge in [0.2, 0.25) is 5.91 Å². The molecule has 0 spiro atoms. The lowest BCUT2D eigenvalue weighted by molar-refractivity contribution is -0.141. The summed E-state index contributed by atoms with van der Waals surface area (Å²) in [6.45, 7) is -0.408. The molecule has 0 aliphatic carbocycles. The number of amides is 1. The summed E-state index contributed by atoms with van der Waals surface area (Å²) in [5.41, 5.74) is 0.755. The van der Waals surface area contributed by atoms with Gasteiger partial charge >= 0.3 is 5.97 Å². The van der Waals surface area contributed by atoms with Gasteiger partial charge in [0, 0.05) is 6.42 Å². The summed E-state index contributed by atoms with van der Waals surface area (Å²) in [7, 11) is 0. The third-order valence-corrected chi connectivity index (χ3v) is 3.84. The predicted molar refractivity (Wildman–Crippen MR) is 93.5 cm³/mol. The van der Waals surface area contributed by atoms with Crippen LogP contribution in [0.15, 0.2) is 59.4 Å². The minimum atomic E-state index is -1.15. The Morgan fingerprint density at radius 2 is 1.77 bits per heavy atom. The normalized spacial score (nSPS) is 11.8. The molecular weight excluding hydrogens is 336 g/mol. The van der Waals surface area contributed by atoms with Crippen LogP contribution in [-0.4, -0.2) is 38.0 Å². The van der Waals surface area contributed by atoms with E-state index in [2.05, 4.69) is 15.6 Å². The minimum Gasteiger partial charge on any atom is -0.480 e. The van der Waals surface area contributed by atoms with Crippen LogP contribution in [0.5, 0.6) is 0 Å². The minimum absolute atomic E-state index is 0.139. The highest BCUT2D eigenvalue weighted by Gasteiger charge is 2.21. The number of aliphatic carboxylic acids is 1. The summed E-state index contributed by atoms with van der Waals surface area (Å²) in [5.74, 6) is -1.78. The molecule has 1 amide bonds. The summed E-state index contributed by atoms with van der Waals surface area (Å²) in [5, 5.41) is 19.7. The number of hydrogen-bond donors (Lipinski definition) is 2. The van der Waals surface area contributed by atoms with Gasteiger partial charge in [-0.2, -0.15) is 0 Å². The zero-order valence-corrected chi connectivity index (χ0v) is 13.7. The Hall–Kier alpha value is -3.55. The topological polar surface area (TPSA) is 114 Å². The number of rotatable bonds is 6. The molecule has 0 bridgehead atoms. The van der Waals surface area contributed by atoms with Gasteiger partial charge in [-0.15, -0.1) is 5.10 Å². The quantitative estimate of drug-likeness (QED) is 0.672. The average Bonchev–Trinajstić information content (AvgIpc) is 2.64. The second-order valence-corrected chi connectivity index (χ2v) is 5.72. The maximum atomic E-state index is 12.3. The molecule has 26 heavy (non-hydrogen) atoms. The van der Waals surface area contributed by atoms with Gasteiger partial charge in [-0.1, -0.05) is 47.7 Å². The van der Waals surface area contributed by atoms with Crippen LogP contribution in [0.4, 0.5) is 0 Å². The standard InChI is InChI=1S/C18H16N4O4/c23-16(19-15(18(25)26)10-12-6-2-1-3-7-12)11-22-17(24)13-8-4-5-9-14(13)20-21-22/h1-9,15H,10-11H2,(H,19,23)(H,25,26). The number of carbonyl (C=O) groups is 2. The predicted octanol–water partition coefficient (Wildman–Crippen LogP) is 0.604. The maximum absolute atomic E-state index is 12.3. The highest BCUT2D eigenvalue weighted by Crippen LogP contribution is 2.05. The van der Waals surface area contributed by atoms with Crippen LogP contribution in [0.3, 0.4) is 0 Å². The number of nitrogens with one attached hydrogen (secondary N) is 1. The van der Waals surface area contributed by atoms with E-state index in [9.17, 15) is 19.5 Å². The second-order valence-electron chi connectivity index (χ2n) is 5.72. The highest BCUT2D eigenvalue weighted by molar-refractivity contribution is 5.84. The molecule has 0 saturated carbocycles. The van der Waals surface area contributed by atoms with Crippen molar-refractivity contribution in [3.63, 3.8) is 0 Å². The molecule has 8 nitrogen and oxygen atoms in total. The fourth-order valence-corrected chi connectivity index (χ4v) is 2.55. The van der Waals surface area contributed by atoms with Crippen LogP contribution in [0.2, 0.25) is 0 Å². The number of aromatic nitrogens is 3. The molecular formula is C18H16N4O4. The second kappa shape index (κ2) is 7.56. The van der Waals surface area contributed by atoms with Crippen molar-refractivity contribution in [1.82, 2.24) is 20.3 Å². The summed E-state index contributed by atoms with van der Waals surface area (Å²) >= 11 is 0. The van der Waals surface area contributed by atoms with Gasteiger partial charge in [0.15, 0.2) is 0 Å². The number of fused-ring (bicyclic) bond motifs is 1. The van der Waals surface area contributed by atoms with Crippen molar-refractivity contribution in [3.05, 3.63) is 70.5 Å². The number of carboxylic acids is 1. The summed E-state index contributed by atoms with van der Waals surface area (Å²) in [4.78, 5) is 36.0. The van der Waals surface area contributed by atoms with E-state index < -0.39 is 30.0 Å². The first kappa shape index (κ1) is 17.3. The first-order valence-corrected chi connectivity index (χ1v) is 7.93. The van der Waals surface area contributed by atoms with E-state index in [0.717, 1.165) is 10.2 Å². The van der Waals surface area contributed by atoms with Gasteiger partial charge in [-0.05, 0) is 17.7 Å². The number of hydrogen-bond acceptors (Lipinski definition) is 5. The number of nitrogens with zero attached hydrogens (tertiary/aromatic N) is 3. The van der Waals surface area contributed by atoms with Crippen LogP contribution in [0.25, 0.3) is 10.9 Å². The van der Waals surface area contributed by atoms with Gasteiger partial charge in [0.25, 0.3) is 5.56 Å². The molecule has 1 unspecified atom stereocenters. The van der Waals surface area contributed by atoms with Gasteiger partial charge in [0.1, 0.15) is 18.1 Å². The molecule has 1 aromatic heterocycles. The van der Waals surface area contributed by atoms with Crippen LogP contribution < -0.4 is 10.9 Å². The van der Waals surface area contributed by atoms with Gasteiger partial charge in [-0.25, -0.2) is 9.48 Å². The molecule has 0 aliphatic heterocycles. The van der Waals surface area contributed by atoms with Gasteiger partial charge in [-0.3, -0.25) is 9.59 Å². The highest BCUT2D eigenvalue weighted by atomic mass is 16.4. The molecule has 2 N–H and O–H groups in total. The Labute approximate surface area is 148 Å². The molecule has 0 aliphatic rings. The van der Waals surface area contributed by atoms with Crippen molar-refractivity contribution >= 4 is 22.8 Å². The first-order valence-electron chi connectivity index (χ1n) is 7.93. The largest absolute Gasteiger partial charge is 0.480 e. The Morgan fingerprint density at radius 1 is 1.08 bits per heavy atom. The molecule has 0 saturated heterocycles. The van der Waals surface area contributed by atoms with Crippen molar-refractivity contribution in [1.29, 1.82) is 0 Å². The summed E-state index contributed by atoms with van der Waals surface area (Å²) < 4.78 is 0.916. The molecule has 1 atom stereocenters. The number of benzene rings is 2. The van der Waals surface area contributed by atoms with Crippen LogP contribution in [-0.2, 0) is 22.6 Å². The van der Waals surface area contributed by atoms with Crippen LogP contribution >= 0.6 is 0 Å². The Balaban J connectivity index is 1.74. The lowest BCUT2D eigenvalue weighted by Crippen LogP contribution is -2.45. The van der Waals surface area contributed by atoms with Crippen molar-refractivity contribution in [2.24, 2.45) is 0 Å². The zero-order valence-electron chi connectivity index (χ0n) is 13.7. The van der Waals surface area contributed by atoms with E-state index in [1.807, 2.05) is 6.07 Å². The van der Waals surface area contributed by atoms with E-state index in [4.69, 9.17) is 0 Å². The van der Waals surface area contributed by atoms with Crippen molar-refractivity contribution in [3.8, 4) is 0 Å². The van der Waals surface area contributed by atoms with E-state index in [-0.39, 0.29) is 6.42 Å². The molecule has 1 heterocycles. The third kappa shape index (κ3) is 3.92. The van der Waals surface area contributed by atoms with E-state index >= 15 is 0 Å². The molecule has 132 valence electrons. The third-order valence-electron chi connectivity index (χ3n) is 3.84. The molecule has 0 fully saturated rings. The molecule has 8 heteroatoms. The van der Waals surface area contributed by atoms with Crippen molar-refractivity contribution < 1.29 is 14.7 Å². The van der Waals surface area contributed by atoms with E-state index in [1.165, 1.54) is 0 Å². The number of carboxylic acid groups (broad SMARTS) is 1. The average molecular weight is 352 g/mol. The maximum Gasteiger partial charge on any atom is 0.326 e. The molecule has 2 aromatic carbocycles. The van der Waals surface area contributed by atoms with Crippen molar-refractivity contribution in [2.45, 2.75) is 19.0 Å². The molecule has 3 rings (SSSR count). The lowest BCUT2D eigenvalue weighted by Gasteiger charge is -2.15. The molecule has 3 aromatic rings. The lowest BCUT2D eigenvalue weighted by atomic mass is 10.1. The summed E-state index contributed by atoms with van der Waals surface area (Å²) in [6, 6.07) is 14.5. The van der Waals surface area contributed by atoms with Crippen molar-refractivity contribution in [2.75, 3.05) is 0 Å². The smallest absolute Gasteiger partial charge is 0.326 e. The van der Waals surface area contributed by atoms with Crippen LogP contribution in [0.1, 0.15) is 5.56 Å². The van der Waals surface area contributed by atoms with E-state index in [1.54, 1.807) is 48.5 Å². The van der Waals surface area contributed by atoms with Gasteiger partial charge in [0.05, 0.1) is 5.39 Å². The van der Waals surface area contributed by atoms with E-state index in [0.29, 0.717) is 10.9 Å². The molecule has 0 radical (unpaired) electrons. The Morgan fingerprint density at radius 3 is 2.50 bits per heavy atom. The SMILES string of the molecule is O=C(Cn1nnc2ccccc2c1=O)NC(Cc1ccccc1)C(=O)O. The Bertz CT molecular complexity index is 1000. The fourth-order valence-electron chi connectivity index (χ4n) is 2.55.